The molecule has 1 rings (SSSR count). The molecule has 2 nitrogen and oxygen atoms in total. The zero-order valence-electron chi connectivity index (χ0n) is 7.75. The van der Waals surface area contributed by atoms with E-state index in [1.54, 1.807) is 0 Å². The van der Waals surface area contributed by atoms with Crippen molar-refractivity contribution in [3.05, 3.63) is 0 Å². The van der Waals surface area contributed by atoms with Gasteiger partial charge in [0.25, 0.3) is 0 Å². The third-order valence-corrected chi connectivity index (χ3v) is 2.59. The molecule has 1 N–H and O–H groups in total. The summed E-state index contributed by atoms with van der Waals surface area (Å²) in [5.74, 6) is 1.60. The summed E-state index contributed by atoms with van der Waals surface area (Å²) >= 11 is 0. The quantitative estimate of drug-likeness (QED) is 0.645. The molecule has 0 saturated carbocycles. The largest absolute Gasteiger partial charge is 0.392 e. The van der Waals surface area contributed by atoms with Crippen LogP contribution in [-0.2, 0) is 0 Å². The molecule has 2 heteroatoms. The highest BCUT2D eigenvalue weighted by Crippen LogP contribution is 2.21. The SMILES string of the molecule is CC(O)CN1CC(C)C(C)C1. The van der Waals surface area contributed by atoms with Gasteiger partial charge >= 0.3 is 0 Å². The molecule has 0 aliphatic carbocycles. The van der Waals surface area contributed by atoms with Gasteiger partial charge in [0.1, 0.15) is 0 Å². The summed E-state index contributed by atoms with van der Waals surface area (Å²) in [6, 6.07) is 0. The molecule has 1 aliphatic rings. The average Bonchev–Trinajstić information content (AvgIpc) is 2.10. The first kappa shape index (κ1) is 9.01. The van der Waals surface area contributed by atoms with E-state index in [4.69, 9.17) is 5.11 Å². The Hall–Kier alpha value is -0.0800. The molecule has 3 unspecified atom stereocenters. The van der Waals surface area contributed by atoms with Crippen LogP contribution in [0.5, 0.6) is 0 Å². The normalized spacial score (nSPS) is 36.0. The van der Waals surface area contributed by atoms with E-state index < -0.39 is 0 Å². The molecule has 11 heavy (non-hydrogen) atoms. The van der Waals surface area contributed by atoms with Crippen LogP contribution in [0.1, 0.15) is 20.8 Å². The summed E-state index contributed by atoms with van der Waals surface area (Å²) in [5, 5.41) is 9.14. The van der Waals surface area contributed by atoms with Gasteiger partial charge in [-0.15, -0.1) is 0 Å². The van der Waals surface area contributed by atoms with Crippen molar-refractivity contribution in [2.24, 2.45) is 11.8 Å². The minimum atomic E-state index is -0.174. The Morgan fingerprint density at radius 2 is 1.82 bits per heavy atom. The van der Waals surface area contributed by atoms with Gasteiger partial charge in [-0.1, -0.05) is 13.8 Å². The Kier molecular flexibility index (Phi) is 2.90. The Morgan fingerprint density at radius 3 is 2.18 bits per heavy atom. The fourth-order valence-corrected chi connectivity index (χ4v) is 1.77. The second-order valence-corrected chi connectivity index (χ2v) is 4.02. The molecule has 3 atom stereocenters. The lowest BCUT2D eigenvalue weighted by Crippen LogP contribution is -2.29. The minimum absolute atomic E-state index is 0.174. The van der Waals surface area contributed by atoms with Crippen LogP contribution >= 0.6 is 0 Å². The van der Waals surface area contributed by atoms with Gasteiger partial charge in [0.15, 0.2) is 0 Å². The lowest BCUT2D eigenvalue weighted by atomic mass is 10.0. The molecule has 0 aromatic rings. The van der Waals surface area contributed by atoms with E-state index in [0.717, 1.165) is 31.5 Å². The summed E-state index contributed by atoms with van der Waals surface area (Å²) in [6.45, 7) is 9.58. The van der Waals surface area contributed by atoms with Crippen molar-refractivity contribution in [2.45, 2.75) is 26.9 Å². The number of aliphatic hydroxyl groups excluding tert-OH is 1. The Bertz CT molecular complexity index is 112. The summed E-state index contributed by atoms with van der Waals surface area (Å²) in [5.41, 5.74) is 0. The maximum absolute atomic E-state index is 9.14. The number of likely N-dealkylation sites (tertiary alicyclic amines) is 1. The van der Waals surface area contributed by atoms with E-state index in [9.17, 15) is 0 Å². The topological polar surface area (TPSA) is 23.5 Å². The zero-order valence-corrected chi connectivity index (χ0v) is 7.75. The first-order valence-corrected chi connectivity index (χ1v) is 4.50. The fraction of sp³-hybridized carbons (Fsp3) is 1.00. The molecular weight excluding hydrogens is 138 g/mol. The summed E-state index contributed by atoms with van der Waals surface area (Å²) in [7, 11) is 0. The van der Waals surface area contributed by atoms with E-state index >= 15 is 0 Å². The van der Waals surface area contributed by atoms with E-state index in [2.05, 4.69) is 18.7 Å². The molecule has 0 amide bonds. The molecule has 0 bridgehead atoms. The predicted molar refractivity (Wildman–Crippen MR) is 46.4 cm³/mol. The van der Waals surface area contributed by atoms with Gasteiger partial charge in [-0.2, -0.15) is 0 Å². The van der Waals surface area contributed by atoms with Crippen LogP contribution in [0.15, 0.2) is 0 Å². The first-order valence-electron chi connectivity index (χ1n) is 4.50. The molecule has 1 aliphatic heterocycles. The van der Waals surface area contributed by atoms with Gasteiger partial charge in [-0.3, -0.25) is 0 Å². The van der Waals surface area contributed by atoms with Crippen molar-refractivity contribution in [1.29, 1.82) is 0 Å². The molecule has 0 aromatic heterocycles. The molecule has 1 fully saturated rings. The zero-order chi connectivity index (χ0) is 8.43. The second-order valence-electron chi connectivity index (χ2n) is 4.02. The molecule has 1 saturated heterocycles. The van der Waals surface area contributed by atoms with Crippen molar-refractivity contribution in [1.82, 2.24) is 4.90 Å². The molecule has 0 spiro atoms. The Labute approximate surface area is 69.2 Å². The van der Waals surface area contributed by atoms with Gasteiger partial charge in [-0.05, 0) is 18.8 Å². The lowest BCUT2D eigenvalue weighted by Gasteiger charge is -2.16. The monoisotopic (exact) mass is 157 g/mol. The Morgan fingerprint density at radius 1 is 1.36 bits per heavy atom. The number of rotatable bonds is 2. The highest BCUT2D eigenvalue weighted by atomic mass is 16.3. The molecule has 1 heterocycles. The highest BCUT2D eigenvalue weighted by molar-refractivity contribution is 4.79. The van der Waals surface area contributed by atoms with Gasteiger partial charge in [0.2, 0.25) is 0 Å². The maximum atomic E-state index is 9.14. The molecule has 0 aromatic carbocycles. The number of hydrogen-bond acceptors (Lipinski definition) is 2. The van der Waals surface area contributed by atoms with E-state index in [1.807, 2.05) is 6.92 Å². The third-order valence-electron chi connectivity index (χ3n) is 2.59. The smallest absolute Gasteiger partial charge is 0.0639 e. The third kappa shape index (κ3) is 2.46. The van der Waals surface area contributed by atoms with Gasteiger partial charge in [0, 0.05) is 19.6 Å². The lowest BCUT2D eigenvalue weighted by molar-refractivity contribution is 0.138. The van der Waals surface area contributed by atoms with E-state index in [1.165, 1.54) is 0 Å². The van der Waals surface area contributed by atoms with Crippen molar-refractivity contribution in [2.75, 3.05) is 19.6 Å². The summed E-state index contributed by atoms with van der Waals surface area (Å²) < 4.78 is 0. The number of β-amino-alcohol motifs (C(OH)–C–C–N with tert-alkyl or cyclic N) is 1. The van der Waals surface area contributed by atoms with Gasteiger partial charge in [-0.25, -0.2) is 0 Å². The van der Waals surface area contributed by atoms with Crippen molar-refractivity contribution >= 4 is 0 Å². The highest BCUT2D eigenvalue weighted by Gasteiger charge is 2.25. The number of hydrogen-bond donors (Lipinski definition) is 1. The minimum Gasteiger partial charge on any atom is -0.392 e. The van der Waals surface area contributed by atoms with Gasteiger partial charge in [0.05, 0.1) is 6.10 Å². The van der Waals surface area contributed by atoms with Crippen LogP contribution in [0, 0.1) is 11.8 Å². The summed E-state index contributed by atoms with van der Waals surface area (Å²) in [6.07, 6.45) is -0.174. The van der Waals surface area contributed by atoms with E-state index in [-0.39, 0.29) is 6.10 Å². The van der Waals surface area contributed by atoms with Crippen LogP contribution in [0.2, 0.25) is 0 Å². The summed E-state index contributed by atoms with van der Waals surface area (Å²) in [4.78, 5) is 2.35. The fourth-order valence-electron chi connectivity index (χ4n) is 1.77. The second kappa shape index (κ2) is 3.55. The molecular formula is C9H19NO. The average molecular weight is 157 g/mol. The van der Waals surface area contributed by atoms with Crippen LogP contribution in [0.25, 0.3) is 0 Å². The Balaban J connectivity index is 2.29. The van der Waals surface area contributed by atoms with E-state index in [0.29, 0.717) is 0 Å². The van der Waals surface area contributed by atoms with Crippen LogP contribution in [0.4, 0.5) is 0 Å². The standard InChI is InChI=1S/C9H19NO/c1-7-4-10(5-8(7)2)6-9(3)11/h7-9,11H,4-6H2,1-3H3. The molecule has 66 valence electrons. The van der Waals surface area contributed by atoms with Crippen molar-refractivity contribution in [3.63, 3.8) is 0 Å². The molecule has 0 radical (unpaired) electrons. The van der Waals surface area contributed by atoms with Gasteiger partial charge < -0.3 is 10.0 Å². The van der Waals surface area contributed by atoms with Crippen LogP contribution in [-0.4, -0.2) is 35.7 Å². The predicted octanol–water partition coefficient (Wildman–Crippen LogP) is 0.955. The first-order chi connectivity index (χ1) is 5.09. The van der Waals surface area contributed by atoms with Crippen LogP contribution in [0.3, 0.4) is 0 Å². The van der Waals surface area contributed by atoms with Crippen molar-refractivity contribution < 1.29 is 5.11 Å². The maximum Gasteiger partial charge on any atom is 0.0639 e. The van der Waals surface area contributed by atoms with Crippen molar-refractivity contribution in [3.8, 4) is 0 Å². The van der Waals surface area contributed by atoms with Crippen LogP contribution < -0.4 is 0 Å². The number of nitrogens with zero attached hydrogens (tertiary/aromatic N) is 1. The number of aliphatic hydroxyl groups is 1.